The largest absolute Gasteiger partial charge is 0.480 e. The molecule has 0 radical (unpaired) electrons. The third kappa shape index (κ3) is 4.03. The third-order valence-electron chi connectivity index (χ3n) is 3.77. The summed E-state index contributed by atoms with van der Waals surface area (Å²) < 4.78 is 14.0. The van der Waals surface area contributed by atoms with Gasteiger partial charge in [0.05, 0.1) is 0 Å². The molecule has 3 nitrogen and oxygen atoms in total. The van der Waals surface area contributed by atoms with E-state index in [0.29, 0.717) is 10.0 Å². The van der Waals surface area contributed by atoms with E-state index in [9.17, 15) is 14.3 Å². The molecule has 0 spiro atoms. The van der Waals surface area contributed by atoms with Gasteiger partial charge < -0.3 is 5.11 Å². The van der Waals surface area contributed by atoms with Crippen molar-refractivity contribution in [2.45, 2.75) is 50.6 Å². The Morgan fingerprint density at radius 1 is 1.30 bits per heavy atom. The van der Waals surface area contributed by atoms with E-state index in [1.165, 1.54) is 25.0 Å². The Balaban J connectivity index is 2.17. The van der Waals surface area contributed by atoms with Crippen molar-refractivity contribution in [1.29, 1.82) is 0 Å². The van der Waals surface area contributed by atoms with Crippen molar-refractivity contribution < 1.29 is 14.3 Å². The quantitative estimate of drug-likeness (QED) is 0.811. The molecule has 0 bridgehead atoms. The van der Waals surface area contributed by atoms with Crippen LogP contribution in [0.1, 0.15) is 50.1 Å². The zero-order valence-electron chi connectivity index (χ0n) is 11.2. The number of nitrogens with one attached hydrogen (secondary N) is 1. The summed E-state index contributed by atoms with van der Waals surface area (Å²) >= 11 is 3.31. The van der Waals surface area contributed by atoms with E-state index in [1.807, 2.05) is 0 Å². The van der Waals surface area contributed by atoms with E-state index in [4.69, 9.17) is 0 Å². The standard InChI is InChI=1S/C15H19BrFNO2/c16-13-8-7-10(17)9-12(13)14(15(19)20)18-11-5-3-1-2-4-6-11/h7-9,11,14,18H,1-6H2,(H,19,20). The van der Waals surface area contributed by atoms with Gasteiger partial charge in [0.2, 0.25) is 0 Å². The number of carboxylic acid groups (broad SMARTS) is 1. The summed E-state index contributed by atoms with van der Waals surface area (Å²) in [5.74, 6) is -1.39. The fourth-order valence-corrected chi connectivity index (χ4v) is 3.19. The number of aliphatic carboxylic acids is 1. The van der Waals surface area contributed by atoms with Crippen molar-refractivity contribution in [2.24, 2.45) is 0 Å². The van der Waals surface area contributed by atoms with E-state index >= 15 is 0 Å². The Labute approximate surface area is 126 Å². The molecule has 1 fully saturated rings. The van der Waals surface area contributed by atoms with Gasteiger partial charge in [0.25, 0.3) is 0 Å². The summed E-state index contributed by atoms with van der Waals surface area (Å²) in [6.07, 6.45) is 6.62. The number of hydrogen-bond acceptors (Lipinski definition) is 2. The monoisotopic (exact) mass is 343 g/mol. The summed E-state index contributed by atoms with van der Waals surface area (Å²) in [5, 5.41) is 12.6. The van der Waals surface area contributed by atoms with Gasteiger partial charge in [0, 0.05) is 10.5 Å². The summed E-state index contributed by atoms with van der Waals surface area (Å²) in [4.78, 5) is 11.5. The number of benzene rings is 1. The van der Waals surface area contributed by atoms with Gasteiger partial charge in [-0.3, -0.25) is 10.1 Å². The van der Waals surface area contributed by atoms with Crippen LogP contribution in [-0.2, 0) is 4.79 Å². The summed E-state index contributed by atoms with van der Waals surface area (Å²) in [6, 6.07) is 3.47. The molecular weight excluding hydrogens is 325 g/mol. The van der Waals surface area contributed by atoms with Crippen LogP contribution in [0.2, 0.25) is 0 Å². The molecule has 0 heterocycles. The zero-order valence-corrected chi connectivity index (χ0v) is 12.8. The predicted molar refractivity (Wildman–Crippen MR) is 79.1 cm³/mol. The Hall–Kier alpha value is -0.940. The first-order valence-corrected chi connectivity index (χ1v) is 7.81. The normalized spacial score (nSPS) is 18.5. The Morgan fingerprint density at radius 3 is 2.55 bits per heavy atom. The molecule has 2 N–H and O–H groups in total. The van der Waals surface area contributed by atoms with Crippen molar-refractivity contribution in [3.63, 3.8) is 0 Å². The van der Waals surface area contributed by atoms with Crippen LogP contribution in [0.15, 0.2) is 22.7 Å². The fraction of sp³-hybridized carbons (Fsp3) is 0.533. The maximum absolute atomic E-state index is 13.4. The topological polar surface area (TPSA) is 49.3 Å². The van der Waals surface area contributed by atoms with Gasteiger partial charge in [-0.2, -0.15) is 0 Å². The smallest absolute Gasteiger partial charge is 0.325 e. The van der Waals surface area contributed by atoms with Crippen molar-refractivity contribution in [3.8, 4) is 0 Å². The minimum Gasteiger partial charge on any atom is -0.480 e. The molecule has 1 atom stereocenters. The third-order valence-corrected chi connectivity index (χ3v) is 4.50. The molecule has 1 aliphatic carbocycles. The Morgan fingerprint density at radius 2 is 1.95 bits per heavy atom. The van der Waals surface area contributed by atoms with Gasteiger partial charge in [0.15, 0.2) is 0 Å². The van der Waals surface area contributed by atoms with Gasteiger partial charge in [0.1, 0.15) is 11.9 Å². The molecule has 1 aromatic rings. The lowest BCUT2D eigenvalue weighted by atomic mass is 10.0. The highest BCUT2D eigenvalue weighted by molar-refractivity contribution is 9.10. The second kappa shape index (κ2) is 7.18. The van der Waals surface area contributed by atoms with Gasteiger partial charge in [-0.15, -0.1) is 0 Å². The molecule has 5 heteroatoms. The molecule has 0 amide bonds. The molecule has 110 valence electrons. The highest BCUT2D eigenvalue weighted by Gasteiger charge is 2.26. The van der Waals surface area contributed by atoms with Crippen LogP contribution in [0, 0.1) is 5.82 Å². The van der Waals surface area contributed by atoms with E-state index in [1.54, 1.807) is 6.07 Å². The van der Waals surface area contributed by atoms with E-state index in [-0.39, 0.29) is 6.04 Å². The van der Waals surface area contributed by atoms with Gasteiger partial charge in [-0.1, -0.05) is 41.6 Å². The molecule has 0 saturated heterocycles. The maximum atomic E-state index is 13.4. The molecule has 0 aliphatic heterocycles. The van der Waals surface area contributed by atoms with Crippen LogP contribution in [0.5, 0.6) is 0 Å². The number of rotatable bonds is 4. The minimum atomic E-state index is -0.972. The second-order valence-corrected chi connectivity index (χ2v) is 6.15. The van der Waals surface area contributed by atoms with E-state index in [2.05, 4.69) is 21.2 Å². The molecule has 1 saturated carbocycles. The number of halogens is 2. The number of carbonyl (C=O) groups is 1. The van der Waals surface area contributed by atoms with Crippen LogP contribution >= 0.6 is 15.9 Å². The van der Waals surface area contributed by atoms with Gasteiger partial charge in [-0.05, 0) is 36.6 Å². The number of carboxylic acids is 1. The Bertz CT molecular complexity index is 473. The number of hydrogen-bond donors (Lipinski definition) is 2. The average Bonchev–Trinajstić information content (AvgIpc) is 2.67. The average molecular weight is 344 g/mol. The fourth-order valence-electron chi connectivity index (χ4n) is 2.71. The first kappa shape index (κ1) is 15.4. The van der Waals surface area contributed by atoms with Crippen molar-refractivity contribution in [2.75, 3.05) is 0 Å². The van der Waals surface area contributed by atoms with Crippen molar-refractivity contribution >= 4 is 21.9 Å². The second-order valence-electron chi connectivity index (χ2n) is 5.29. The summed E-state index contributed by atoms with van der Waals surface area (Å²) in [6.45, 7) is 0. The molecule has 2 rings (SSSR count). The summed E-state index contributed by atoms with van der Waals surface area (Å²) in [5.41, 5.74) is 0.446. The van der Waals surface area contributed by atoms with Crippen molar-refractivity contribution in [1.82, 2.24) is 5.32 Å². The lowest BCUT2D eigenvalue weighted by Crippen LogP contribution is -2.37. The van der Waals surface area contributed by atoms with Crippen LogP contribution in [0.25, 0.3) is 0 Å². The molecule has 0 aromatic heterocycles. The lowest BCUT2D eigenvalue weighted by molar-refractivity contribution is -0.140. The highest BCUT2D eigenvalue weighted by Crippen LogP contribution is 2.27. The van der Waals surface area contributed by atoms with Crippen LogP contribution in [0.3, 0.4) is 0 Å². The lowest BCUT2D eigenvalue weighted by Gasteiger charge is -2.23. The zero-order chi connectivity index (χ0) is 14.5. The maximum Gasteiger partial charge on any atom is 0.325 e. The van der Waals surface area contributed by atoms with Gasteiger partial charge in [-0.25, -0.2) is 4.39 Å². The predicted octanol–water partition coefficient (Wildman–Crippen LogP) is 4.03. The van der Waals surface area contributed by atoms with Crippen LogP contribution in [0.4, 0.5) is 4.39 Å². The Kier molecular flexibility index (Phi) is 5.54. The van der Waals surface area contributed by atoms with Crippen LogP contribution in [-0.4, -0.2) is 17.1 Å². The molecule has 1 aliphatic rings. The summed E-state index contributed by atoms with van der Waals surface area (Å²) in [7, 11) is 0. The van der Waals surface area contributed by atoms with Crippen LogP contribution < -0.4 is 5.32 Å². The SMILES string of the molecule is O=C(O)C(NC1CCCCCC1)c1cc(F)ccc1Br. The minimum absolute atomic E-state index is 0.189. The first-order chi connectivity index (χ1) is 9.58. The van der Waals surface area contributed by atoms with Gasteiger partial charge >= 0.3 is 5.97 Å². The molecule has 1 aromatic carbocycles. The highest BCUT2D eigenvalue weighted by atomic mass is 79.9. The van der Waals surface area contributed by atoms with E-state index in [0.717, 1.165) is 25.7 Å². The first-order valence-electron chi connectivity index (χ1n) is 7.01. The molecule has 20 heavy (non-hydrogen) atoms. The van der Waals surface area contributed by atoms with E-state index < -0.39 is 17.8 Å². The molecular formula is C15H19BrFNO2. The van der Waals surface area contributed by atoms with Crippen molar-refractivity contribution in [3.05, 3.63) is 34.1 Å². The molecule has 1 unspecified atom stereocenters.